The minimum Gasteiger partial charge on any atom is -0.872 e. The molecule has 4 rings (SSSR count). The number of hydrogen-bond acceptors (Lipinski definition) is 7. The van der Waals surface area contributed by atoms with Gasteiger partial charge in [-0.1, -0.05) is 149 Å². The van der Waals surface area contributed by atoms with Crippen LogP contribution >= 0.6 is 0 Å². The van der Waals surface area contributed by atoms with Gasteiger partial charge in [0.2, 0.25) is 0 Å². The first kappa shape index (κ1) is 45.2. The van der Waals surface area contributed by atoms with Gasteiger partial charge in [-0.05, 0) is 86.9 Å². The third-order valence-corrected chi connectivity index (χ3v) is 10.2. The van der Waals surface area contributed by atoms with E-state index < -0.39 is 10.1 Å². The van der Waals surface area contributed by atoms with Crippen molar-refractivity contribution in [3.05, 3.63) is 87.5 Å². The Morgan fingerprint density at radius 2 is 0.962 bits per heavy atom. The van der Waals surface area contributed by atoms with Gasteiger partial charge in [0.1, 0.15) is 10.1 Å². The van der Waals surface area contributed by atoms with Crippen LogP contribution in [0.3, 0.4) is 0 Å². The number of nitrogens with zero attached hydrogens (tertiary/aromatic N) is 2. The maximum atomic E-state index is 13.5. The minimum absolute atomic E-state index is 0. The van der Waals surface area contributed by atoms with E-state index in [0.717, 1.165) is 53.5 Å². The van der Waals surface area contributed by atoms with Gasteiger partial charge < -0.3 is 14.8 Å². The summed E-state index contributed by atoms with van der Waals surface area (Å²) in [5.41, 5.74) is 5.55. The van der Waals surface area contributed by atoms with E-state index in [1.54, 1.807) is 24.6 Å². The summed E-state index contributed by atoms with van der Waals surface area (Å²) in [6.07, 6.45) is 7.63. The number of aryl methyl sites for hydroxylation is 1. The predicted octanol–water partition coefficient (Wildman–Crippen LogP) is 8.77. The first-order valence-electron chi connectivity index (χ1n) is 18.0. The molecular weight excluding hydrogens is 711 g/mol. The normalized spacial score (nSPS) is 17.5. The fourth-order valence-corrected chi connectivity index (χ4v) is 6.44. The zero-order chi connectivity index (χ0) is 38.7. The summed E-state index contributed by atoms with van der Waals surface area (Å²) in [6, 6.07) is 13.9. The van der Waals surface area contributed by atoms with Crippen LogP contribution < -0.4 is 10.2 Å². The van der Waals surface area contributed by atoms with E-state index in [2.05, 4.69) is 95.2 Å². The molecule has 3 aromatic rings. The van der Waals surface area contributed by atoms with Crippen molar-refractivity contribution in [3.8, 4) is 11.5 Å². The predicted molar refractivity (Wildman–Crippen MR) is 207 cm³/mol. The summed E-state index contributed by atoms with van der Waals surface area (Å²) in [5, 5.41) is 26.9. The molecule has 0 aromatic heterocycles. The Morgan fingerprint density at radius 1 is 0.615 bits per heavy atom. The summed E-state index contributed by atoms with van der Waals surface area (Å²) in [7, 11) is -4.27. The number of aliphatic imine (C=N–C) groups is 2. The molecule has 1 aliphatic carbocycles. The Balaban J connectivity index is 0.000000666. The van der Waals surface area contributed by atoms with Crippen LogP contribution in [0.1, 0.15) is 148 Å². The third kappa shape index (κ3) is 12.3. The van der Waals surface area contributed by atoms with E-state index in [-0.39, 0.29) is 67.2 Å². The first-order valence-corrected chi connectivity index (χ1v) is 19.4. The summed E-state index contributed by atoms with van der Waals surface area (Å²) in [5.74, 6) is 0.120. The molecular formula is C43H59MnN2O5S. The van der Waals surface area contributed by atoms with Gasteiger partial charge in [-0.15, -0.1) is 0 Å². The fourth-order valence-electron chi connectivity index (χ4n) is 5.97. The second-order valence-corrected chi connectivity index (χ2v) is 19.5. The molecule has 7 nitrogen and oxygen atoms in total. The molecule has 0 saturated heterocycles. The van der Waals surface area contributed by atoms with Gasteiger partial charge in [0, 0.05) is 12.4 Å². The van der Waals surface area contributed by atoms with Crippen LogP contribution in [0.5, 0.6) is 11.5 Å². The minimum atomic E-state index is -4.27. The van der Waals surface area contributed by atoms with Crippen molar-refractivity contribution in [3.63, 3.8) is 0 Å². The largest absolute Gasteiger partial charge is 3.00 e. The molecule has 0 radical (unpaired) electrons. The van der Waals surface area contributed by atoms with Crippen LogP contribution in [0, 0.1) is 6.92 Å². The molecule has 0 bridgehead atoms. The molecule has 52 heavy (non-hydrogen) atoms. The molecule has 0 heterocycles. The Bertz CT molecular complexity index is 1740. The summed E-state index contributed by atoms with van der Waals surface area (Å²) in [6.45, 7) is 27.4. The van der Waals surface area contributed by atoms with E-state index in [1.807, 2.05) is 19.1 Å². The maximum absolute atomic E-state index is 13.5. The van der Waals surface area contributed by atoms with Gasteiger partial charge in [-0.3, -0.25) is 9.98 Å². The van der Waals surface area contributed by atoms with Crippen molar-refractivity contribution in [2.45, 2.75) is 154 Å². The smallest absolute Gasteiger partial charge is 0.872 e. The second-order valence-electron chi connectivity index (χ2n) is 18.1. The molecule has 3 aromatic carbocycles. The summed E-state index contributed by atoms with van der Waals surface area (Å²) in [4.78, 5) is 9.77. The number of benzene rings is 3. The summed E-state index contributed by atoms with van der Waals surface area (Å²) >= 11 is 0. The van der Waals surface area contributed by atoms with E-state index in [4.69, 9.17) is 9.98 Å². The van der Waals surface area contributed by atoms with Crippen LogP contribution in [0.15, 0.2) is 63.4 Å². The van der Waals surface area contributed by atoms with E-state index in [0.29, 0.717) is 11.1 Å². The average Bonchev–Trinajstić information content (AvgIpc) is 2.98. The standard InChI is InChI=1S/C36H54N2O2.C7H8O3S.Mn/c1-33(2,3)25-17-23(31(39)27(19-25)35(7,8)9)21-37-29-15-13-14-16-30(29)38-22-24-18-26(34(4,5)6)20-28(32(24)40)36(10,11)12;1-6-2-4-7(5-3-6)11(8,9)10;/h17-22,29-30,39-40H,13-16H2,1-12H3;2-5H,1H3,(H,8,9,10);/q;;+3/p-3/t29-,30-;;/m0../s1. The Kier molecular flexibility index (Phi) is 14.8. The van der Waals surface area contributed by atoms with Gasteiger partial charge in [-0.2, -0.15) is 0 Å². The molecule has 0 amide bonds. The number of rotatable bonds is 5. The SMILES string of the molecule is CC(C)(C)c1cc(C=N[C@H]2CCCC[C@@H]2N=Cc2cc(C(C)(C)C)cc(C(C)(C)C)c2[O-])c([O-])c(C(C)(C)C)c1.Cc1ccc(S(=O)(=O)[O-])cc1.[Mn+3]. The molecule has 284 valence electrons. The zero-order valence-corrected chi connectivity index (χ0v) is 35.5. The third-order valence-electron chi connectivity index (χ3n) is 9.40. The molecule has 1 saturated carbocycles. The van der Waals surface area contributed by atoms with Crippen molar-refractivity contribution < 1.29 is 40.3 Å². The second kappa shape index (κ2) is 17.0. The molecule has 1 aliphatic rings. The summed E-state index contributed by atoms with van der Waals surface area (Å²) < 4.78 is 31.2. The van der Waals surface area contributed by atoms with E-state index >= 15 is 0 Å². The first-order chi connectivity index (χ1) is 23.2. The molecule has 0 N–H and O–H groups in total. The van der Waals surface area contributed by atoms with Gasteiger partial charge in [0.15, 0.2) is 0 Å². The quantitative estimate of drug-likeness (QED) is 0.146. The van der Waals surface area contributed by atoms with Gasteiger partial charge >= 0.3 is 17.1 Å². The fraction of sp³-hybridized carbons (Fsp3) is 0.535. The van der Waals surface area contributed by atoms with E-state index in [9.17, 15) is 23.2 Å². The van der Waals surface area contributed by atoms with Crippen LogP contribution in [0.2, 0.25) is 0 Å². The van der Waals surface area contributed by atoms with Gasteiger partial charge in [-0.25, -0.2) is 8.42 Å². The van der Waals surface area contributed by atoms with E-state index in [1.165, 1.54) is 12.1 Å². The average molecular weight is 771 g/mol. The molecule has 0 spiro atoms. The molecule has 0 aliphatic heterocycles. The molecule has 1 fully saturated rings. The Hall–Kier alpha value is -2.97. The molecule has 9 heteroatoms. The Morgan fingerprint density at radius 3 is 1.25 bits per heavy atom. The van der Waals surface area contributed by atoms with Crippen molar-refractivity contribution in [2.24, 2.45) is 9.98 Å². The monoisotopic (exact) mass is 770 g/mol. The maximum Gasteiger partial charge on any atom is 3.00 e. The molecule has 0 unspecified atom stereocenters. The van der Waals surface area contributed by atoms with Crippen molar-refractivity contribution in [2.75, 3.05) is 0 Å². The van der Waals surface area contributed by atoms with Crippen molar-refractivity contribution in [1.82, 2.24) is 0 Å². The zero-order valence-electron chi connectivity index (χ0n) is 33.5. The topological polar surface area (TPSA) is 128 Å². The Labute approximate surface area is 324 Å². The van der Waals surface area contributed by atoms with Gasteiger partial charge in [0.25, 0.3) is 0 Å². The molecule has 2 atom stereocenters. The van der Waals surface area contributed by atoms with Crippen LogP contribution in [-0.2, 0) is 48.8 Å². The van der Waals surface area contributed by atoms with Crippen molar-refractivity contribution >= 4 is 22.5 Å². The van der Waals surface area contributed by atoms with Crippen LogP contribution in [0.25, 0.3) is 0 Å². The van der Waals surface area contributed by atoms with Gasteiger partial charge in [0.05, 0.1) is 17.0 Å². The van der Waals surface area contributed by atoms with Crippen LogP contribution in [-0.4, -0.2) is 37.5 Å². The van der Waals surface area contributed by atoms with Crippen LogP contribution in [0.4, 0.5) is 0 Å². The van der Waals surface area contributed by atoms with Crippen molar-refractivity contribution in [1.29, 1.82) is 0 Å². The number of hydrogen-bond donors (Lipinski definition) is 0.